The highest BCUT2D eigenvalue weighted by molar-refractivity contribution is 5.81. The molecule has 0 spiro atoms. The van der Waals surface area contributed by atoms with Crippen LogP contribution in [0, 0.1) is 17.8 Å². The van der Waals surface area contributed by atoms with Gasteiger partial charge in [0.2, 0.25) is 0 Å². The fraction of sp³-hybridized carbons (Fsp3) is 0.611. The van der Waals surface area contributed by atoms with Crippen LogP contribution in [0.2, 0.25) is 0 Å². The molecule has 0 aromatic heterocycles. The van der Waals surface area contributed by atoms with E-state index in [-0.39, 0.29) is 0 Å². The van der Waals surface area contributed by atoms with Crippen molar-refractivity contribution in [2.45, 2.75) is 52.4 Å². The number of rotatable bonds is 5. The molecular weight excluding hydrogens is 232 g/mol. The molecule has 1 nitrogen and oxygen atoms in total. The molecule has 1 heteroatoms. The maximum absolute atomic E-state index is 12.0. The molecule has 2 rings (SSSR count). The van der Waals surface area contributed by atoms with Crippen LogP contribution in [0.3, 0.4) is 0 Å². The van der Waals surface area contributed by atoms with Gasteiger partial charge >= 0.3 is 0 Å². The van der Waals surface area contributed by atoms with Gasteiger partial charge in [0.05, 0.1) is 0 Å². The maximum atomic E-state index is 12.0. The highest BCUT2D eigenvalue weighted by Crippen LogP contribution is 2.34. The molecular formula is C18H26O. The van der Waals surface area contributed by atoms with Crippen LogP contribution >= 0.6 is 0 Å². The molecule has 0 bridgehead atoms. The van der Waals surface area contributed by atoms with Gasteiger partial charge in [-0.3, -0.25) is 4.79 Å². The quantitative estimate of drug-likeness (QED) is 0.751. The zero-order valence-electron chi connectivity index (χ0n) is 12.3. The molecule has 1 aromatic rings. The molecule has 1 aromatic carbocycles. The number of carbonyl (C=O) groups is 1. The fourth-order valence-electron chi connectivity index (χ4n) is 3.23. The summed E-state index contributed by atoms with van der Waals surface area (Å²) in [6.45, 7) is 4.59. The Morgan fingerprint density at radius 2 is 1.95 bits per heavy atom. The fourth-order valence-corrected chi connectivity index (χ4v) is 3.23. The Labute approximate surface area is 117 Å². The Kier molecular flexibility index (Phi) is 5.18. The van der Waals surface area contributed by atoms with E-state index in [1.54, 1.807) is 0 Å². The van der Waals surface area contributed by atoms with Crippen molar-refractivity contribution in [3.63, 3.8) is 0 Å². The zero-order valence-corrected chi connectivity index (χ0v) is 12.3. The molecule has 1 fully saturated rings. The van der Waals surface area contributed by atoms with Gasteiger partial charge in [-0.1, -0.05) is 44.2 Å². The lowest BCUT2D eigenvalue weighted by Gasteiger charge is -2.30. The molecule has 0 saturated heterocycles. The van der Waals surface area contributed by atoms with Gasteiger partial charge in [-0.2, -0.15) is 0 Å². The van der Waals surface area contributed by atoms with Crippen LogP contribution in [-0.4, -0.2) is 5.78 Å². The molecule has 0 heterocycles. The summed E-state index contributed by atoms with van der Waals surface area (Å²) >= 11 is 0. The third-order valence-corrected chi connectivity index (χ3v) is 4.61. The number of aryl methyl sites for hydroxylation is 1. The molecule has 1 aliphatic carbocycles. The molecule has 1 saturated carbocycles. The summed E-state index contributed by atoms with van der Waals surface area (Å²) in [7, 11) is 0. The molecule has 0 amide bonds. The Bertz CT molecular complexity index is 393. The highest BCUT2D eigenvalue weighted by atomic mass is 16.1. The lowest BCUT2D eigenvalue weighted by molar-refractivity contribution is -0.126. The number of ketones is 1. The Hall–Kier alpha value is -1.11. The Balaban J connectivity index is 1.79. The predicted molar refractivity (Wildman–Crippen MR) is 80.1 cm³/mol. The molecule has 104 valence electrons. The average Bonchev–Trinajstić information content (AvgIpc) is 2.42. The Morgan fingerprint density at radius 3 is 2.63 bits per heavy atom. The summed E-state index contributed by atoms with van der Waals surface area (Å²) in [5, 5.41) is 0. The van der Waals surface area contributed by atoms with Crippen molar-refractivity contribution in [1.29, 1.82) is 0 Å². The zero-order chi connectivity index (χ0) is 13.7. The van der Waals surface area contributed by atoms with Crippen molar-refractivity contribution in [2.24, 2.45) is 17.8 Å². The minimum Gasteiger partial charge on any atom is -0.299 e. The SMILES string of the molecule is CC(C)C1CCC(=O)C(CCCc2ccccc2)C1. The second-order valence-corrected chi connectivity index (χ2v) is 6.32. The number of benzene rings is 1. The van der Waals surface area contributed by atoms with Gasteiger partial charge in [-0.05, 0) is 49.5 Å². The van der Waals surface area contributed by atoms with Crippen molar-refractivity contribution in [3.8, 4) is 0 Å². The monoisotopic (exact) mass is 258 g/mol. The lowest BCUT2D eigenvalue weighted by Crippen LogP contribution is -2.27. The topological polar surface area (TPSA) is 17.1 Å². The summed E-state index contributed by atoms with van der Waals surface area (Å²) in [5.74, 6) is 2.35. The number of hydrogen-bond donors (Lipinski definition) is 0. The number of carbonyl (C=O) groups excluding carboxylic acids is 1. The molecule has 19 heavy (non-hydrogen) atoms. The normalized spacial score (nSPS) is 23.8. The van der Waals surface area contributed by atoms with Gasteiger partial charge in [-0.25, -0.2) is 0 Å². The van der Waals surface area contributed by atoms with Gasteiger partial charge in [0.15, 0.2) is 0 Å². The summed E-state index contributed by atoms with van der Waals surface area (Å²) in [6.07, 6.45) is 6.40. The molecule has 2 unspecified atom stereocenters. The van der Waals surface area contributed by atoms with Crippen molar-refractivity contribution in [1.82, 2.24) is 0 Å². The second kappa shape index (κ2) is 6.88. The predicted octanol–water partition coefficient (Wildman–Crippen LogP) is 4.65. The van der Waals surface area contributed by atoms with Crippen molar-refractivity contribution in [2.75, 3.05) is 0 Å². The van der Waals surface area contributed by atoms with Crippen LogP contribution < -0.4 is 0 Å². The van der Waals surface area contributed by atoms with E-state index in [1.165, 1.54) is 5.56 Å². The van der Waals surface area contributed by atoms with E-state index < -0.39 is 0 Å². The average molecular weight is 258 g/mol. The van der Waals surface area contributed by atoms with E-state index in [0.717, 1.165) is 50.4 Å². The summed E-state index contributed by atoms with van der Waals surface area (Å²) in [5.41, 5.74) is 1.39. The van der Waals surface area contributed by atoms with Gasteiger partial charge in [0.1, 0.15) is 5.78 Å². The third-order valence-electron chi connectivity index (χ3n) is 4.61. The first-order chi connectivity index (χ1) is 9.16. The minimum absolute atomic E-state index is 0.338. The van der Waals surface area contributed by atoms with Crippen LogP contribution in [0.5, 0.6) is 0 Å². The lowest BCUT2D eigenvalue weighted by atomic mass is 9.74. The van der Waals surface area contributed by atoms with Crippen molar-refractivity contribution < 1.29 is 4.79 Å². The van der Waals surface area contributed by atoms with Crippen molar-refractivity contribution >= 4 is 5.78 Å². The smallest absolute Gasteiger partial charge is 0.135 e. The number of hydrogen-bond acceptors (Lipinski definition) is 1. The van der Waals surface area contributed by atoms with E-state index in [0.29, 0.717) is 11.7 Å². The highest BCUT2D eigenvalue weighted by Gasteiger charge is 2.29. The molecule has 0 radical (unpaired) electrons. The van der Waals surface area contributed by atoms with E-state index in [4.69, 9.17) is 0 Å². The molecule has 0 N–H and O–H groups in total. The van der Waals surface area contributed by atoms with Gasteiger partial charge in [0, 0.05) is 12.3 Å². The van der Waals surface area contributed by atoms with Gasteiger partial charge < -0.3 is 0 Å². The first-order valence-corrected chi connectivity index (χ1v) is 7.73. The molecule has 2 atom stereocenters. The van der Waals surface area contributed by atoms with E-state index in [9.17, 15) is 4.79 Å². The summed E-state index contributed by atoms with van der Waals surface area (Å²) in [4.78, 5) is 12.0. The van der Waals surface area contributed by atoms with E-state index in [1.807, 2.05) is 0 Å². The standard InChI is InChI=1S/C18H26O/c1-14(2)16-11-12-18(19)17(13-16)10-6-9-15-7-4-3-5-8-15/h3-5,7-8,14,16-17H,6,9-13H2,1-2H3. The largest absolute Gasteiger partial charge is 0.299 e. The maximum Gasteiger partial charge on any atom is 0.135 e. The van der Waals surface area contributed by atoms with Gasteiger partial charge in [0.25, 0.3) is 0 Å². The second-order valence-electron chi connectivity index (χ2n) is 6.32. The first-order valence-electron chi connectivity index (χ1n) is 7.73. The summed E-state index contributed by atoms with van der Waals surface area (Å²) < 4.78 is 0. The Morgan fingerprint density at radius 1 is 1.21 bits per heavy atom. The number of Topliss-reactive ketones (excluding diaryl/α,β-unsaturated/α-hetero) is 1. The van der Waals surface area contributed by atoms with Crippen LogP contribution in [-0.2, 0) is 11.2 Å². The van der Waals surface area contributed by atoms with Crippen LogP contribution in [0.1, 0.15) is 51.5 Å². The third kappa shape index (κ3) is 4.19. The van der Waals surface area contributed by atoms with Crippen molar-refractivity contribution in [3.05, 3.63) is 35.9 Å². The van der Waals surface area contributed by atoms with Crippen LogP contribution in [0.15, 0.2) is 30.3 Å². The van der Waals surface area contributed by atoms with E-state index >= 15 is 0 Å². The van der Waals surface area contributed by atoms with Gasteiger partial charge in [-0.15, -0.1) is 0 Å². The van der Waals surface area contributed by atoms with E-state index in [2.05, 4.69) is 44.2 Å². The molecule has 1 aliphatic rings. The minimum atomic E-state index is 0.338. The van der Waals surface area contributed by atoms with Crippen LogP contribution in [0.4, 0.5) is 0 Å². The first kappa shape index (κ1) is 14.3. The van der Waals surface area contributed by atoms with Crippen LogP contribution in [0.25, 0.3) is 0 Å². The summed E-state index contributed by atoms with van der Waals surface area (Å²) in [6, 6.07) is 10.6. The molecule has 0 aliphatic heterocycles.